The maximum Gasteiger partial charge on any atom is 0.333 e. The lowest BCUT2D eigenvalue weighted by Gasteiger charge is -2.04. The summed E-state index contributed by atoms with van der Waals surface area (Å²) in [5.41, 5.74) is 1.04. The summed E-state index contributed by atoms with van der Waals surface area (Å²) in [5, 5.41) is 0. The van der Waals surface area contributed by atoms with Crippen molar-refractivity contribution in [1.82, 2.24) is 0 Å². The fourth-order valence-corrected chi connectivity index (χ4v) is 1.76. The van der Waals surface area contributed by atoms with E-state index < -0.39 is 0 Å². The molecule has 25 heavy (non-hydrogen) atoms. The van der Waals surface area contributed by atoms with Crippen molar-refractivity contribution in [3.63, 3.8) is 0 Å². The molecule has 0 aliphatic carbocycles. The second kappa shape index (κ2) is 18.8. The minimum Gasteiger partial charge on any atom is -0.462 e. The van der Waals surface area contributed by atoms with Crippen molar-refractivity contribution >= 4 is 11.9 Å². The zero-order valence-electron chi connectivity index (χ0n) is 16.8. The first-order chi connectivity index (χ1) is 11.9. The Hall–Kier alpha value is -1.58. The van der Waals surface area contributed by atoms with Gasteiger partial charge in [-0.2, -0.15) is 0 Å². The molecule has 0 fully saturated rings. The molecular formula is C21H38O4. The van der Waals surface area contributed by atoms with Gasteiger partial charge in [-0.05, 0) is 26.2 Å². The summed E-state index contributed by atoms with van der Waals surface area (Å²) < 4.78 is 9.91. The molecule has 0 N–H and O–H groups in total. The van der Waals surface area contributed by atoms with Crippen LogP contribution in [-0.2, 0) is 19.1 Å². The van der Waals surface area contributed by atoms with Gasteiger partial charge < -0.3 is 9.47 Å². The van der Waals surface area contributed by atoms with E-state index in [1.165, 1.54) is 25.7 Å². The van der Waals surface area contributed by atoms with Crippen LogP contribution >= 0.6 is 0 Å². The summed E-state index contributed by atoms with van der Waals surface area (Å²) in [6.07, 6.45) is 9.72. The van der Waals surface area contributed by atoms with Gasteiger partial charge in [0.25, 0.3) is 0 Å². The highest BCUT2D eigenvalue weighted by Crippen LogP contribution is 2.03. The van der Waals surface area contributed by atoms with Crippen molar-refractivity contribution in [2.24, 2.45) is 0 Å². The average Bonchev–Trinajstić information content (AvgIpc) is 2.60. The summed E-state index contributed by atoms with van der Waals surface area (Å²) in [6.45, 7) is 16.1. The Balaban J connectivity index is 0. The van der Waals surface area contributed by atoms with Crippen molar-refractivity contribution < 1.29 is 19.1 Å². The molecule has 146 valence electrons. The summed E-state index contributed by atoms with van der Waals surface area (Å²) in [6, 6.07) is 0. The van der Waals surface area contributed by atoms with Gasteiger partial charge in [0.2, 0.25) is 0 Å². The van der Waals surface area contributed by atoms with E-state index in [0.717, 1.165) is 25.7 Å². The molecule has 0 aliphatic rings. The molecule has 0 aromatic rings. The average molecular weight is 355 g/mol. The van der Waals surface area contributed by atoms with Crippen molar-refractivity contribution in [3.05, 3.63) is 24.3 Å². The summed E-state index contributed by atoms with van der Waals surface area (Å²) in [7, 11) is 0. The lowest BCUT2D eigenvalue weighted by atomic mass is 10.2. The second-order valence-corrected chi connectivity index (χ2v) is 6.13. The lowest BCUT2D eigenvalue weighted by Crippen LogP contribution is -2.07. The van der Waals surface area contributed by atoms with Crippen molar-refractivity contribution in [2.75, 3.05) is 13.2 Å². The van der Waals surface area contributed by atoms with Crippen LogP contribution in [0.3, 0.4) is 0 Å². The molecule has 4 heteroatoms. The van der Waals surface area contributed by atoms with Crippen LogP contribution in [0.1, 0.15) is 85.5 Å². The highest BCUT2D eigenvalue weighted by atomic mass is 16.5. The molecule has 0 saturated heterocycles. The van der Waals surface area contributed by atoms with Crippen molar-refractivity contribution in [3.8, 4) is 0 Å². The Labute approximate surface area is 154 Å². The third-order valence-electron chi connectivity index (χ3n) is 3.53. The molecule has 4 nitrogen and oxygen atoms in total. The minimum absolute atomic E-state index is 0.237. The molecular weight excluding hydrogens is 316 g/mol. The second-order valence-electron chi connectivity index (χ2n) is 6.13. The number of hydrogen-bond donors (Lipinski definition) is 0. The smallest absolute Gasteiger partial charge is 0.333 e. The van der Waals surface area contributed by atoms with Gasteiger partial charge in [0.1, 0.15) is 0 Å². The van der Waals surface area contributed by atoms with Gasteiger partial charge in [-0.25, -0.2) is 9.59 Å². The number of carbonyl (C=O) groups is 2. The normalized spacial score (nSPS) is 9.60. The molecule has 0 aromatic carbocycles. The van der Waals surface area contributed by atoms with Crippen LogP contribution in [0.4, 0.5) is 0 Å². The van der Waals surface area contributed by atoms with Crippen LogP contribution in [0.5, 0.6) is 0 Å². The van der Waals surface area contributed by atoms with Gasteiger partial charge in [0.05, 0.1) is 13.2 Å². The monoisotopic (exact) mass is 354 g/mol. The van der Waals surface area contributed by atoms with Crippen molar-refractivity contribution in [2.45, 2.75) is 85.5 Å². The van der Waals surface area contributed by atoms with Crippen LogP contribution < -0.4 is 0 Å². The molecule has 0 radical (unpaired) electrons. The van der Waals surface area contributed by atoms with Crippen LogP contribution in [-0.4, -0.2) is 25.2 Å². The van der Waals surface area contributed by atoms with E-state index in [-0.39, 0.29) is 11.9 Å². The maximum absolute atomic E-state index is 11.1. The molecule has 0 atom stereocenters. The number of rotatable bonds is 13. The molecule has 0 unspecified atom stereocenters. The van der Waals surface area contributed by atoms with Crippen LogP contribution in [0.15, 0.2) is 24.3 Å². The molecule has 0 rings (SSSR count). The van der Waals surface area contributed by atoms with Gasteiger partial charge in [0.15, 0.2) is 0 Å². The SMILES string of the molecule is C=C(C)C(=O)OCCCCCC.C=C(CC)C(=O)OCCCCCC. The Morgan fingerprint density at radius 1 is 0.720 bits per heavy atom. The third kappa shape index (κ3) is 18.6. The molecule has 0 bridgehead atoms. The number of esters is 2. The molecule has 0 amide bonds. The van der Waals surface area contributed by atoms with Gasteiger partial charge >= 0.3 is 11.9 Å². The minimum atomic E-state index is -0.272. The molecule has 0 saturated carbocycles. The fraction of sp³-hybridized carbons (Fsp3) is 0.714. The Morgan fingerprint density at radius 3 is 1.52 bits per heavy atom. The summed E-state index contributed by atoms with van der Waals surface area (Å²) in [5.74, 6) is -0.509. The highest BCUT2D eigenvalue weighted by molar-refractivity contribution is 5.87. The highest BCUT2D eigenvalue weighted by Gasteiger charge is 2.04. The van der Waals surface area contributed by atoms with E-state index >= 15 is 0 Å². The van der Waals surface area contributed by atoms with Gasteiger partial charge in [-0.3, -0.25) is 0 Å². The van der Waals surface area contributed by atoms with Crippen LogP contribution in [0.25, 0.3) is 0 Å². The van der Waals surface area contributed by atoms with E-state index in [1.807, 2.05) is 6.92 Å². The number of carbonyl (C=O) groups excluding carboxylic acids is 2. The van der Waals surface area contributed by atoms with Gasteiger partial charge in [-0.15, -0.1) is 0 Å². The Kier molecular flexibility index (Phi) is 19.2. The third-order valence-corrected chi connectivity index (χ3v) is 3.53. The first kappa shape index (κ1) is 25.7. The van der Waals surface area contributed by atoms with Gasteiger partial charge in [0, 0.05) is 11.1 Å². The predicted octanol–water partition coefficient (Wildman–Crippen LogP) is 5.76. The molecule has 0 heterocycles. The Bertz CT molecular complexity index is 385. The van der Waals surface area contributed by atoms with E-state index in [0.29, 0.717) is 30.8 Å². The number of unbranched alkanes of at least 4 members (excludes halogenated alkanes) is 6. The van der Waals surface area contributed by atoms with Crippen molar-refractivity contribution in [1.29, 1.82) is 0 Å². The van der Waals surface area contributed by atoms with Crippen LogP contribution in [0.2, 0.25) is 0 Å². The quantitative estimate of drug-likeness (QED) is 0.240. The van der Waals surface area contributed by atoms with Gasteiger partial charge in [-0.1, -0.05) is 72.5 Å². The molecule has 0 aliphatic heterocycles. The predicted molar refractivity (Wildman–Crippen MR) is 104 cm³/mol. The van der Waals surface area contributed by atoms with Crippen LogP contribution in [0, 0.1) is 0 Å². The number of ether oxygens (including phenoxy) is 2. The van der Waals surface area contributed by atoms with E-state index in [1.54, 1.807) is 6.92 Å². The van der Waals surface area contributed by atoms with E-state index in [9.17, 15) is 9.59 Å². The molecule has 0 aromatic heterocycles. The standard InChI is InChI=1S/C11H20O2.C10H18O2/c1-4-6-7-8-9-13-11(12)10(3)5-2;1-4-5-6-7-8-12-10(11)9(2)3/h3-9H2,1-2H3;2,4-8H2,1,3H3. The lowest BCUT2D eigenvalue weighted by molar-refractivity contribution is -0.140. The fourth-order valence-electron chi connectivity index (χ4n) is 1.76. The van der Waals surface area contributed by atoms with E-state index in [2.05, 4.69) is 27.0 Å². The Morgan fingerprint density at radius 2 is 1.16 bits per heavy atom. The zero-order valence-corrected chi connectivity index (χ0v) is 16.8. The summed E-state index contributed by atoms with van der Waals surface area (Å²) >= 11 is 0. The zero-order chi connectivity index (χ0) is 19.5. The maximum atomic E-state index is 11.1. The summed E-state index contributed by atoms with van der Waals surface area (Å²) in [4.78, 5) is 21.9. The number of hydrogen-bond acceptors (Lipinski definition) is 4. The largest absolute Gasteiger partial charge is 0.462 e. The first-order valence-electron chi connectivity index (χ1n) is 9.58. The first-order valence-corrected chi connectivity index (χ1v) is 9.58. The van der Waals surface area contributed by atoms with E-state index in [4.69, 9.17) is 9.47 Å². The topological polar surface area (TPSA) is 52.6 Å². The molecule has 0 spiro atoms.